The maximum absolute atomic E-state index is 12.8. The number of aromatic nitrogens is 3. The Labute approximate surface area is 130 Å². The molecule has 1 unspecified atom stereocenters. The molecule has 0 bridgehead atoms. The van der Waals surface area contributed by atoms with Crippen molar-refractivity contribution in [3.05, 3.63) is 64.4 Å². The van der Waals surface area contributed by atoms with Crippen LogP contribution in [-0.4, -0.2) is 14.5 Å². The molecule has 0 amide bonds. The van der Waals surface area contributed by atoms with Crippen LogP contribution < -0.4 is 5.56 Å². The molecule has 3 heterocycles. The fraction of sp³-hybridized carbons (Fsp3) is 0.0588. The van der Waals surface area contributed by atoms with E-state index in [1.165, 1.54) is 0 Å². The van der Waals surface area contributed by atoms with Crippen molar-refractivity contribution >= 4 is 33.4 Å². The molecule has 0 aliphatic carbocycles. The van der Waals surface area contributed by atoms with Crippen molar-refractivity contribution < 1.29 is 0 Å². The van der Waals surface area contributed by atoms with Crippen LogP contribution >= 0.6 is 11.6 Å². The Morgan fingerprint density at radius 1 is 1.05 bits per heavy atom. The largest absolute Gasteiger partial charge is 0.352 e. The first-order valence-electron chi connectivity index (χ1n) is 7.02. The van der Waals surface area contributed by atoms with Crippen molar-refractivity contribution in [3.8, 4) is 11.5 Å². The minimum absolute atomic E-state index is 0.103. The topological polar surface area (TPSA) is 50.7 Å². The summed E-state index contributed by atoms with van der Waals surface area (Å²) < 4.78 is 1.57. The van der Waals surface area contributed by atoms with Gasteiger partial charge in [-0.25, -0.2) is 4.98 Å². The van der Waals surface area contributed by atoms with Gasteiger partial charge in [-0.05, 0) is 18.2 Å². The summed E-state index contributed by atoms with van der Waals surface area (Å²) in [7, 11) is 0. The standard InChI is InChI=1S/C17H10ClN3O/c18-15-13-9-5-1-3-7-11(9)19-14(13)16-20-12-8-4-2-6-10(12)17(22)21(15)16/h1-8,15,19H. The van der Waals surface area contributed by atoms with Gasteiger partial charge in [-0.15, -0.1) is 0 Å². The average molecular weight is 308 g/mol. The zero-order valence-corrected chi connectivity index (χ0v) is 12.1. The highest BCUT2D eigenvalue weighted by Crippen LogP contribution is 2.43. The molecule has 4 aromatic rings. The molecule has 0 fully saturated rings. The van der Waals surface area contributed by atoms with Gasteiger partial charge in [0.2, 0.25) is 0 Å². The zero-order chi connectivity index (χ0) is 14.8. The van der Waals surface area contributed by atoms with Crippen LogP contribution in [0.15, 0.2) is 53.3 Å². The number of halogens is 1. The lowest BCUT2D eigenvalue weighted by atomic mass is 10.1. The van der Waals surface area contributed by atoms with E-state index >= 15 is 0 Å². The molecule has 0 spiro atoms. The van der Waals surface area contributed by atoms with Crippen molar-refractivity contribution in [1.29, 1.82) is 0 Å². The van der Waals surface area contributed by atoms with Gasteiger partial charge in [0, 0.05) is 16.5 Å². The second-order valence-corrected chi connectivity index (χ2v) is 5.84. The average Bonchev–Trinajstić information content (AvgIpc) is 3.05. The number of hydrogen-bond acceptors (Lipinski definition) is 2. The molecule has 106 valence electrons. The zero-order valence-electron chi connectivity index (χ0n) is 11.4. The van der Waals surface area contributed by atoms with Gasteiger partial charge >= 0.3 is 0 Å². The fourth-order valence-corrected chi connectivity index (χ4v) is 3.66. The lowest BCUT2D eigenvalue weighted by molar-refractivity contribution is 0.769. The number of rotatable bonds is 0. The van der Waals surface area contributed by atoms with Crippen molar-refractivity contribution in [2.24, 2.45) is 0 Å². The molecule has 1 N–H and O–H groups in total. The molecule has 1 aliphatic rings. The number of para-hydroxylation sites is 2. The van der Waals surface area contributed by atoms with Gasteiger partial charge in [-0.1, -0.05) is 41.9 Å². The minimum atomic E-state index is -0.536. The summed E-state index contributed by atoms with van der Waals surface area (Å²) in [4.78, 5) is 20.8. The van der Waals surface area contributed by atoms with Gasteiger partial charge in [-0.2, -0.15) is 0 Å². The smallest absolute Gasteiger partial charge is 0.263 e. The molecule has 0 radical (unpaired) electrons. The Morgan fingerprint density at radius 2 is 1.77 bits per heavy atom. The van der Waals surface area contributed by atoms with Gasteiger partial charge in [0.05, 0.1) is 16.6 Å². The molecule has 5 rings (SSSR count). The Morgan fingerprint density at radius 3 is 2.64 bits per heavy atom. The van der Waals surface area contributed by atoms with Crippen molar-refractivity contribution in [2.45, 2.75) is 5.50 Å². The number of nitrogens with zero attached hydrogens (tertiary/aromatic N) is 2. The number of aromatic amines is 1. The SMILES string of the molecule is O=c1c2ccccc2nc2n1C(Cl)c1c-2[nH]c2ccccc12. The summed E-state index contributed by atoms with van der Waals surface area (Å²) in [5, 5.41) is 1.62. The molecular formula is C17H10ClN3O. The maximum Gasteiger partial charge on any atom is 0.263 e. The monoisotopic (exact) mass is 307 g/mol. The molecule has 1 atom stereocenters. The fourth-order valence-electron chi connectivity index (χ4n) is 3.25. The van der Waals surface area contributed by atoms with Crippen LogP contribution in [0.3, 0.4) is 0 Å². The van der Waals surface area contributed by atoms with Crippen molar-refractivity contribution in [1.82, 2.24) is 14.5 Å². The van der Waals surface area contributed by atoms with E-state index in [0.717, 1.165) is 22.2 Å². The molecule has 4 nitrogen and oxygen atoms in total. The van der Waals surface area contributed by atoms with Gasteiger partial charge in [0.1, 0.15) is 5.50 Å². The predicted octanol–water partition coefficient (Wildman–Crippen LogP) is 3.64. The Balaban J connectivity index is 1.97. The Bertz CT molecular complexity index is 1130. The highest BCUT2D eigenvalue weighted by Gasteiger charge is 2.33. The Kier molecular flexibility index (Phi) is 2.18. The van der Waals surface area contributed by atoms with E-state index in [4.69, 9.17) is 11.6 Å². The van der Waals surface area contributed by atoms with E-state index in [-0.39, 0.29) is 5.56 Å². The number of nitrogens with one attached hydrogen (secondary N) is 1. The minimum Gasteiger partial charge on any atom is -0.352 e. The number of alkyl halides is 1. The van der Waals surface area contributed by atoms with Crippen LogP contribution in [0.25, 0.3) is 33.3 Å². The van der Waals surface area contributed by atoms with E-state index < -0.39 is 5.50 Å². The number of hydrogen-bond donors (Lipinski definition) is 1. The van der Waals surface area contributed by atoms with Gasteiger partial charge in [0.15, 0.2) is 5.82 Å². The summed E-state index contributed by atoms with van der Waals surface area (Å²) in [6.07, 6.45) is 0. The lowest BCUT2D eigenvalue weighted by Crippen LogP contribution is -2.22. The van der Waals surface area contributed by atoms with Crippen LogP contribution in [-0.2, 0) is 0 Å². The predicted molar refractivity (Wildman–Crippen MR) is 87.3 cm³/mol. The maximum atomic E-state index is 12.8. The van der Waals surface area contributed by atoms with E-state index in [9.17, 15) is 4.79 Å². The second kappa shape index (κ2) is 3.99. The molecule has 2 aromatic carbocycles. The molecule has 22 heavy (non-hydrogen) atoms. The summed E-state index contributed by atoms with van der Waals surface area (Å²) in [5.41, 5.74) is 2.82. The summed E-state index contributed by atoms with van der Waals surface area (Å²) in [6.45, 7) is 0. The number of fused-ring (bicyclic) bond motifs is 6. The quantitative estimate of drug-likeness (QED) is 0.504. The van der Waals surface area contributed by atoms with Gasteiger partial charge < -0.3 is 4.98 Å². The first-order chi connectivity index (χ1) is 10.8. The highest BCUT2D eigenvalue weighted by molar-refractivity contribution is 6.23. The van der Waals surface area contributed by atoms with Crippen LogP contribution in [0.1, 0.15) is 11.1 Å². The first-order valence-corrected chi connectivity index (χ1v) is 7.45. The molecule has 0 saturated heterocycles. The lowest BCUT2D eigenvalue weighted by Gasteiger charge is -2.09. The van der Waals surface area contributed by atoms with E-state index in [2.05, 4.69) is 9.97 Å². The van der Waals surface area contributed by atoms with Crippen LogP contribution in [0.5, 0.6) is 0 Å². The normalized spacial score (nSPS) is 16.1. The van der Waals surface area contributed by atoms with E-state index in [1.807, 2.05) is 42.5 Å². The van der Waals surface area contributed by atoms with Crippen molar-refractivity contribution in [2.75, 3.05) is 0 Å². The van der Waals surface area contributed by atoms with Crippen LogP contribution in [0.4, 0.5) is 0 Å². The van der Waals surface area contributed by atoms with E-state index in [1.54, 1.807) is 10.6 Å². The van der Waals surface area contributed by atoms with Crippen molar-refractivity contribution in [3.63, 3.8) is 0 Å². The summed E-state index contributed by atoms with van der Waals surface area (Å²) >= 11 is 6.60. The summed E-state index contributed by atoms with van der Waals surface area (Å²) in [5.74, 6) is 0.606. The third-order valence-electron chi connectivity index (χ3n) is 4.24. The third-order valence-corrected chi connectivity index (χ3v) is 4.66. The molecule has 0 saturated carbocycles. The number of H-pyrrole nitrogens is 1. The molecule has 2 aromatic heterocycles. The van der Waals surface area contributed by atoms with Crippen LogP contribution in [0.2, 0.25) is 0 Å². The molecule has 5 heteroatoms. The molecule has 1 aliphatic heterocycles. The Hall–Kier alpha value is -2.59. The first kappa shape index (κ1) is 12.0. The molecular weight excluding hydrogens is 298 g/mol. The third kappa shape index (κ3) is 1.33. The van der Waals surface area contributed by atoms with Crippen LogP contribution in [0, 0.1) is 0 Å². The number of benzene rings is 2. The van der Waals surface area contributed by atoms with Gasteiger partial charge in [0.25, 0.3) is 5.56 Å². The second-order valence-electron chi connectivity index (χ2n) is 5.42. The van der Waals surface area contributed by atoms with E-state index in [0.29, 0.717) is 16.7 Å². The summed E-state index contributed by atoms with van der Waals surface area (Å²) in [6, 6.07) is 15.3. The highest BCUT2D eigenvalue weighted by atomic mass is 35.5. The van der Waals surface area contributed by atoms with Gasteiger partial charge in [-0.3, -0.25) is 9.36 Å².